The number of hydrogen-bond donors (Lipinski definition) is 1. The van der Waals surface area contributed by atoms with Crippen molar-refractivity contribution in [2.45, 2.75) is 0 Å². The number of halogens is 2. The second kappa shape index (κ2) is 7.91. The van der Waals surface area contributed by atoms with E-state index in [1.165, 1.54) is 23.5 Å². The lowest BCUT2D eigenvalue weighted by Crippen LogP contribution is -2.32. The van der Waals surface area contributed by atoms with Crippen LogP contribution in [0.4, 0.5) is 11.4 Å². The third kappa shape index (κ3) is 3.74. The first kappa shape index (κ1) is 19.5. The molecule has 5 nitrogen and oxygen atoms in total. The summed E-state index contributed by atoms with van der Waals surface area (Å²) in [6.07, 6.45) is 0. The Morgan fingerprint density at radius 1 is 0.966 bits per heavy atom. The van der Waals surface area contributed by atoms with E-state index < -0.39 is 11.8 Å². The van der Waals surface area contributed by atoms with Crippen LogP contribution in [-0.4, -0.2) is 18.9 Å². The molecule has 1 aromatic heterocycles. The van der Waals surface area contributed by atoms with Crippen molar-refractivity contribution in [3.05, 3.63) is 80.6 Å². The number of nitrogens with zero attached hydrogens (tertiary/aromatic N) is 1. The first-order chi connectivity index (χ1) is 14.0. The van der Waals surface area contributed by atoms with Gasteiger partial charge in [0.05, 0.1) is 18.4 Å². The molecule has 0 unspecified atom stereocenters. The number of nitrogens with one attached hydrogen (secondary N) is 1. The highest BCUT2D eigenvalue weighted by atomic mass is 35.5. The molecule has 0 spiro atoms. The molecule has 2 heterocycles. The average Bonchev–Trinajstić information content (AvgIpc) is 3.28. The molecule has 0 bridgehead atoms. The van der Waals surface area contributed by atoms with Gasteiger partial charge in [-0.1, -0.05) is 35.3 Å². The first-order valence-corrected chi connectivity index (χ1v) is 10.2. The number of thiophene rings is 1. The van der Waals surface area contributed by atoms with E-state index in [-0.39, 0.29) is 5.70 Å². The fourth-order valence-corrected chi connectivity index (χ4v) is 4.33. The highest BCUT2D eigenvalue weighted by molar-refractivity contribution is 7.11. The molecular weight excluding hydrogens is 431 g/mol. The summed E-state index contributed by atoms with van der Waals surface area (Å²) in [6.45, 7) is 0. The minimum Gasteiger partial charge on any atom is -0.497 e. The maximum Gasteiger partial charge on any atom is 0.282 e. The molecule has 3 aromatic rings. The molecule has 0 atom stereocenters. The number of hydrogen-bond acceptors (Lipinski definition) is 5. The smallest absolute Gasteiger partial charge is 0.282 e. The van der Waals surface area contributed by atoms with Gasteiger partial charge in [-0.15, -0.1) is 11.3 Å². The van der Waals surface area contributed by atoms with E-state index in [0.717, 1.165) is 4.90 Å². The number of ether oxygens (including phenoxy) is 1. The molecule has 0 aliphatic carbocycles. The fourth-order valence-electron chi connectivity index (χ4n) is 3.04. The molecular formula is C21H14Cl2N2O3S. The Bertz CT molecular complexity index is 1120. The Balaban J connectivity index is 1.80. The Labute approximate surface area is 181 Å². The number of rotatable bonds is 5. The van der Waals surface area contributed by atoms with E-state index in [2.05, 4.69) is 5.32 Å². The summed E-state index contributed by atoms with van der Waals surface area (Å²) in [5, 5.41) is 5.61. The lowest BCUT2D eigenvalue weighted by Gasteiger charge is -2.16. The number of methoxy groups -OCH3 is 1. The van der Waals surface area contributed by atoms with Crippen LogP contribution in [0.5, 0.6) is 5.75 Å². The average molecular weight is 445 g/mol. The highest BCUT2D eigenvalue weighted by Crippen LogP contribution is 2.37. The van der Waals surface area contributed by atoms with Crippen molar-refractivity contribution in [2.75, 3.05) is 17.3 Å². The number of imide groups is 1. The van der Waals surface area contributed by atoms with Gasteiger partial charge in [0.2, 0.25) is 0 Å². The van der Waals surface area contributed by atoms with Crippen LogP contribution in [0.3, 0.4) is 0 Å². The second-order valence-electron chi connectivity index (χ2n) is 6.16. The molecule has 2 aromatic carbocycles. The van der Waals surface area contributed by atoms with Gasteiger partial charge >= 0.3 is 0 Å². The number of carbonyl (C=O) groups excluding carboxylic acids is 2. The first-order valence-electron chi connectivity index (χ1n) is 8.52. The fraction of sp³-hybridized carbons (Fsp3) is 0.0476. The SMILES string of the molecule is COc1cccc(NC2=C(c3cccs3)C(=O)N(c3cc(Cl)cc(Cl)c3)C2=O)c1. The predicted molar refractivity (Wildman–Crippen MR) is 117 cm³/mol. The summed E-state index contributed by atoms with van der Waals surface area (Å²) in [5.74, 6) is -0.302. The maximum atomic E-state index is 13.3. The largest absolute Gasteiger partial charge is 0.497 e. The normalized spacial score (nSPS) is 14.0. The van der Waals surface area contributed by atoms with Crippen LogP contribution in [0.1, 0.15) is 4.88 Å². The van der Waals surface area contributed by atoms with E-state index in [9.17, 15) is 9.59 Å². The molecule has 0 radical (unpaired) electrons. The molecule has 4 rings (SSSR count). The Hall–Kier alpha value is -2.80. The zero-order chi connectivity index (χ0) is 20.5. The molecule has 8 heteroatoms. The topological polar surface area (TPSA) is 58.6 Å². The van der Waals surface area contributed by atoms with E-state index in [0.29, 0.717) is 37.6 Å². The predicted octanol–water partition coefficient (Wildman–Crippen LogP) is 5.46. The number of benzene rings is 2. The second-order valence-corrected chi connectivity index (χ2v) is 7.98. The van der Waals surface area contributed by atoms with Crippen LogP contribution in [0.15, 0.2) is 65.7 Å². The van der Waals surface area contributed by atoms with Crippen LogP contribution in [0, 0.1) is 0 Å². The standard InChI is InChI=1S/C21H14Cl2N2O3S/c1-28-16-5-2-4-14(11-16)24-19-18(17-6-3-7-29-17)20(26)25(21(19)27)15-9-12(22)8-13(23)10-15/h2-11,24H,1H3. The molecule has 0 saturated heterocycles. The Morgan fingerprint density at radius 3 is 2.38 bits per heavy atom. The third-order valence-electron chi connectivity index (χ3n) is 4.30. The molecule has 146 valence electrons. The van der Waals surface area contributed by atoms with Gasteiger partial charge in [-0.3, -0.25) is 9.59 Å². The summed E-state index contributed by atoms with van der Waals surface area (Å²) in [7, 11) is 1.56. The minimum atomic E-state index is -0.487. The molecule has 1 N–H and O–H groups in total. The highest BCUT2D eigenvalue weighted by Gasteiger charge is 2.41. The number of anilines is 2. The van der Waals surface area contributed by atoms with Gasteiger partial charge in [-0.2, -0.15) is 0 Å². The molecule has 0 saturated carbocycles. The third-order valence-corrected chi connectivity index (χ3v) is 5.62. The quantitative estimate of drug-likeness (QED) is 0.530. The van der Waals surface area contributed by atoms with Gasteiger partial charge in [0, 0.05) is 26.7 Å². The van der Waals surface area contributed by atoms with Gasteiger partial charge in [0.25, 0.3) is 11.8 Å². The van der Waals surface area contributed by atoms with Gasteiger partial charge in [-0.25, -0.2) is 4.90 Å². The summed E-state index contributed by atoms with van der Waals surface area (Å²) in [5.41, 5.74) is 1.42. The molecule has 2 amide bonds. The monoisotopic (exact) mass is 444 g/mol. The maximum absolute atomic E-state index is 13.3. The summed E-state index contributed by atoms with van der Waals surface area (Å²) < 4.78 is 5.24. The zero-order valence-electron chi connectivity index (χ0n) is 15.1. The van der Waals surface area contributed by atoms with Crippen molar-refractivity contribution in [3.63, 3.8) is 0 Å². The lowest BCUT2D eigenvalue weighted by atomic mass is 10.2. The van der Waals surface area contributed by atoms with Crippen molar-refractivity contribution >= 4 is 63.3 Å². The Kier molecular flexibility index (Phi) is 5.32. The van der Waals surface area contributed by atoms with Gasteiger partial charge in [0.1, 0.15) is 11.4 Å². The lowest BCUT2D eigenvalue weighted by molar-refractivity contribution is -0.120. The summed E-state index contributed by atoms with van der Waals surface area (Å²) >= 11 is 13.5. The van der Waals surface area contributed by atoms with Crippen molar-refractivity contribution in [2.24, 2.45) is 0 Å². The summed E-state index contributed by atoms with van der Waals surface area (Å²) in [4.78, 5) is 28.3. The van der Waals surface area contributed by atoms with E-state index in [4.69, 9.17) is 27.9 Å². The van der Waals surface area contributed by atoms with Crippen LogP contribution < -0.4 is 15.0 Å². The van der Waals surface area contributed by atoms with E-state index >= 15 is 0 Å². The van der Waals surface area contributed by atoms with Crippen molar-refractivity contribution in [3.8, 4) is 5.75 Å². The van der Waals surface area contributed by atoms with Crippen molar-refractivity contribution in [1.29, 1.82) is 0 Å². The zero-order valence-corrected chi connectivity index (χ0v) is 17.4. The van der Waals surface area contributed by atoms with Crippen LogP contribution >= 0.6 is 34.5 Å². The molecule has 0 fully saturated rings. The molecule has 1 aliphatic heterocycles. The van der Waals surface area contributed by atoms with E-state index in [1.54, 1.807) is 43.5 Å². The van der Waals surface area contributed by atoms with Gasteiger partial charge in [0.15, 0.2) is 0 Å². The molecule has 29 heavy (non-hydrogen) atoms. The Morgan fingerprint density at radius 2 is 1.72 bits per heavy atom. The minimum absolute atomic E-state index is 0.182. The summed E-state index contributed by atoms with van der Waals surface area (Å²) in [6, 6.07) is 15.4. The van der Waals surface area contributed by atoms with E-state index in [1.807, 2.05) is 11.4 Å². The molecule has 1 aliphatic rings. The van der Waals surface area contributed by atoms with Crippen LogP contribution in [-0.2, 0) is 9.59 Å². The van der Waals surface area contributed by atoms with Crippen molar-refractivity contribution in [1.82, 2.24) is 0 Å². The van der Waals surface area contributed by atoms with Gasteiger partial charge < -0.3 is 10.1 Å². The number of carbonyl (C=O) groups is 2. The van der Waals surface area contributed by atoms with Gasteiger partial charge in [-0.05, 0) is 41.8 Å². The van der Waals surface area contributed by atoms with Crippen molar-refractivity contribution < 1.29 is 14.3 Å². The van der Waals surface area contributed by atoms with Crippen LogP contribution in [0.25, 0.3) is 5.57 Å². The van der Waals surface area contributed by atoms with Crippen LogP contribution in [0.2, 0.25) is 10.0 Å². The number of amides is 2.